The molecule has 1 aromatic heterocycles. The number of hydrogen-bond acceptors (Lipinski definition) is 4. The third-order valence-corrected chi connectivity index (χ3v) is 5.27. The first-order valence-corrected chi connectivity index (χ1v) is 7.51. The average molecular weight is 287 g/mol. The molecule has 0 saturated carbocycles. The fourth-order valence-electron chi connectivity index (χ4n) is 2.09. The maximum atomic E-state index is 12.3. The summed E-state index contributed by atoms with van der Waals surface area (Å²) in [6, 6.07) is 0. The quantitative estimate of drug-likeness (QED) is 0.837. The Balaban J connectivity index is 2.25. The van der Waals surface area contributed by atoms with Gasteiger partial charge in [0, 0.05) is 19.5 Å². The van der Waals surface area contributed by atoms with Crippen LogP contribution in [-0.2, 0) is 21.2 Å². The number of nitrogens with one attached hydrogen (secondary N) is 1. The van der Waals surface area contributed by atoms with E-state index in [4.69, 9.17) is 5.11 Å². The summed E-state index contributed by atoms with van der Waals surface area (Å²) in [5.41, 5.74) is -1.01. The smallest absolute Gasteiger partial charge is 0.310 e. The fraction of sp³-hybridized carbons (Fsp3) is 0.636. The number of carboxylic acid groups (broad SMARTS) is 1. The minimum absolute atomic E-state index is 0.00878. The van der Waals surface area contributed by atoms with Gasteiger partial charge in [-0.3, -0.25) is 4.79 Å². The van der Waals surface area contributed by atoms with E-state index >= 15 is 0 Å². The predicted octanol–water partition coefficient (Wildman–Crippen LogP) is 0.457. The number of hydrogen-bond donors (Lipinski definition) is 2. The van der Waals surface area contributed by atoms with Crippen LogP contribution in [0.25, 0.3) is 0 Å². The topological polar surface area (TPSA) is 103 Å². The SMILES string of the molecule is CCc1ncc(S(=O)(=O)N2CCC(C)(C(=O)O)C2)[nH]1. The van der Waals surface area contributed by atoms with Gasteiger partial charge in [-0.25, -0.2) is 13.4 Å². The summed E-state index contributed by atoms with van der Waals surface area (Å²) in [7, 11) is -3.68. The van der Waals surface area contributed by atoms with E-state index in [2.05, 4.69) is 9.97 Å². The Morgan fingerprint density at radius 1 is 1.63 bits per heavy atom. The molecule has 0 radical (unpaired) electrons. The van der Waals surface area contributed by atoms with E-state index in [1.54, 1.807) is 6.92 Å². The van der Waals surface area contributed by atoms with Gasteiger partial charge in [-0.2, -0.15) is 4.31 Å². The van der Waals surface area contributed by atoms with E-state index in [9.17, 15) is 13.2 Å². The van der Waals surface area contributed by atoms with Crippen molar-refractivity contribution < 1.29 is 18.3 Å². The third kappa shape index (κ3) is 2.37. The van der Waals surface area contributed by atoms with E-state index in [1.165, 1.54) is 10.5 Å². The number of carbonyl (C=O) groups is 1. The average Bonchev–Trinajstić information content (AvgIpc) is 2.96. The number of aromatic nitrogens is 2. The van der Waals surface area contributed by atoms with Crippen molar-refractivity contribution in [3.05, 3.63) is 12.0 Å². The summed E-state index contributed by atoms with van der Waals surface area (Å²) < 4.78 is 25.9. The molecule has 2 heterocycles. The van der Waals surface area contributed by atoms with Crippen LogP contribution in [0.3, 0.4) is 0 Å². The zero-order valence-corrected chi connectivity index (χ0v) is 11.7. The molecule has 1 fully saturated rings. The summed E-state index contributed by atoms with van der Waals surface area (Å²) in [6.07, 6.45) is 2.21. The number of H-pyrrole nitrogens is 1. The maximum Gasteiger partial charge on any atom is 0.310 e. The summed E-state index contributed by atoms with van der Waals surface area (Å²) >= 11 is 0. The highest BCUT2D eigenvalue weighted by atomic mass is 32.2. The lowest BCUT2D eigenvalue weighted by Crippen LogP contribution is -2.35. The summed E-state index contributed by atoms with van der Waals surface area (Å²) in [6.45, 7) is 3.64. The van der Waals surface area contributed by atoms with Gasteiger partial charge in [0.2, 0.25) is 0 Å². The predicted molar refractivity (Wildman–Crippen MR) is 67.1 cm³/mol. The molecule has 2 N–H and O–H groups in total. The van der Waals surface area contributed by atoms with Crippen LogP contribution in [0.1, 0.15) is 26.1 Å². The van der Waals surface area contributed by atoms with Crippen LogP contribution in [0.5, 0.6) is 0 Å². The van der Waals surface area contributed by atoms with Crippen LogP contribution < -0.4 is 0 Å². The number of nitrogens with zero attached hydrogens (tertiary/aromatic N) is 2. The van der Waals surface area contributed by atoms with E-state index in [-0.39, 0.29) is 18.1 Å². The summed E-state index contributed by atoms with van der Waals surface area (Å²) in [5, 5.41) is 9.15. The largest absolute Gasteiger partial charge is 0.481 e. The molecule has 1 saturated heterocycles. The van der Waals surface area contributed by atoms with Gasteiger partial charge in [-0.15, -0.1) is 0 Å². The normalized spacial score (nSPS) is 24.7. The van der Waals surface area contributed by atoms with Gasteiger partial charge in [0.15, 0.2) is 5.03 Å². The van der Waals surface area contributed by atoms with Crippen molar-refractivity contribution in [2.24, 2.45) is 5.41 Å². The molecular formula is C11H17N3O4S. The minimum atomic E-state index is -3.68. The zero-order chi connectivity index (χ0) is 14.3. The lowest BCUT2D eigenvalue weighted by molar-refractivity contribution is -0.146. The van der Waals surface area contributed by atoms with Crippen LogP contribution in [0, 0.1) is 5.41 Å². The Morgan fingerprint density at radius 2 is 2.32 bits per heavy atom. The van der Waals surface area contributed by atoms with Gasteiger partial charge < -0.3 is 10.1 Å². The molecule has 19 heavy (non-hydrogen) atoms. The minimum Gasteiger partial charge on any atom is -0.481 e. The molecule has 1 aromatic rings. The van der Waals surface area contributed by atoms with E-state index in [0.717, 1.165) is 0 Å². The van der Waals surface area contributed by atoms with Crippen LogP contribution in [-0.4, -0.2) is 46.9 Å². The molecule has 8 heteroatoms. The fourth-order valence-corrected chi connectivity index (χ4v) is 3.59. The standard InChI is InChI=1S/C11H17N3O4S/c1-3-8-12-6-9(13-8)19(17,18)14-5-4-11(2,7-14)10(15)16/h6H,3-5,7H2,1-2H3,(H,12,13)(H,15,16). The Hall–Kier alpha value is -1.41. The van der Waals surface area contributed by atoms with Crippen LogP contribution in [0.15, 0.2) is 11.2 Å². The van der Waals surface area contributed by atoms with Crippen LogP contribution in [0.2, 0.25) is 0 Å². The molecular weight excluding hydrogens is 270 g/mol. The summed E-state index contributed by atoms with van der Waals surface area (Å²) in [4.78, 5) is 17.9. The van der Waals surface area contributed by atoms with E-state index in [0.29, 0.717) is 18.7 Å². The summed E-state index contributed by atoms with van der Waals surface area (Å²) in [5.74, 6) is -0.372. The van der Waals surface area contributed by atoms with Crippen molar-refractivity contribution in [2.45, 2.75) is 31.7 Å². The number of carboxylic acids is 1. The number of aliphatic carboxylic acids is 1. The van der Waals surface area contributed by atoms with Crippen LogP contribution in [0.4, 0.5) is 0 Å². The number of sulfonamides is 1. The van der Waals surface area contributed by atoms with Crippen molar-refractivity contribution >= 4 is 16.0 Å². The first-order chi connectivity index (χ1) is 8.79. The van der Waals surface area contributed by atoms with Crippen molar-refractivity contribution in [3.8, 4) is 0 Å². The number of rotatable bonds is 4. The monoisotopic (exact) mass is 287 g/mol. The Bertz CT molecular complexity index is 595. The van der Waals surface area contributed by atoms with Gasteiger partial charge in [-0.05, 0) is 13.3 Å². The third-order valence-electron chi connectivity index (χ3n) is 3.51. The lowest BCUT2D eigenvalue weighted by Gasteiger charge is -2.19. The van der Waals surface area contributed by atoms with Crippen LogP contribution >= 0.6 is 0 Å². The number of imidazole rings is 1. The van der Waals surface area contributed by atoms with Gasteiger partial charge in [-0.1, -0.05) is 6.92 Å². The van der Waals surface area contributed by atoms with Crippen molar-refractivity contribution in [2.75, 3.05) is 13.1 Å². The number of aromatic amines is 1. The molecule has 2 rings (SSSR count). The Labute approximate surface area is 111 Å². The van der Waals surface area contributed by atoms with Gasteiger partial charge in [0.05, 0.1) is 11.6 Å². The molecule has 1 aliphatic rings. The zero-order valence-electron chi connectivity index (χ0n) is 10.9. The van der Waals surface area contributed by atoms with Gasteiger partial charge in [0.1, 0.15) is 5.82 Å². The highest BCUT2D eigenvalue weighted by molar-refractivity contribution is 7.89. The molecule has 7 nitrogen and oxygen atoms in total. The first kappa shape index (κ1) is 14.0. The second-order valence-corrected chi connectivity index (χ2v) is 6.91. The molecule has 0 aromatic carbocycles. The Kier molecular flexibility index (Phi) is 3.40. The molecule has 1 unspecified atom stereocenters. The second-order valence-electron chi connectivity index (χ2n) is 5.00. The molecule has 0 amide bonds. The highest BCUT2D eigenvalue weighted by Crippen LogP contribution is 2.33. The van der Waals surface area contributed by atoms with E-state index < -0.39 is 21.4 Å². The number of aryl methyl sites for hydroxylation is 1. The van der Waals surface area contributed by atoms with Crippen molar-refractivity contribution in [1.29, 1.82) is 0 Å². The molecule has 1 aliphatic heterocycles. The maximum absolute atomic E-state index is 12.3. The lowest BCUT2D eigenvalue weighted by atomic mass is 9.90. The molecule has 0 spiro atoms. The van der Waals surface area contributed by atoms with Gasteiger partial charge >= 0.3 is 5.97 Å². The first-order valence-electron chi connectivity index (χ1n) is 6.07. The molecule has 0 bridgehead atoms. The highest BCUT2D eigenvalue weighted by Gasteiger charge is 2.45. The molecule has 0 aliphatic carbocycles. The van der Waals surface area contributed by atoms with Gasteiger partial charge in [0.25, 0.3) is 10.0 Å². The Morgan fingerprint density at radius 3 is 2.79 bits per heavy atom. The second kappa shape index (κ2) is 4.61. The van der Waals surface area contributed by atoms with Crippen molar-refractivity contribution in [3.63, 3.8) is 0 Å². The van der Waals surface area contributed by atoms with E-state index in [1.807, 2.05) is 6.92 Å². The molecule has 106 valence electrons. The molecule has 1 atom stereocenters. The van der Waals surface area contributed by atoms with Crippen molar-refractivity contribution in [1.82, 2.24) is 14.3 Å².